The Morgan fingerprint density at radius 1 is 1.04 bits per heavy atom. The fourth-order valence-corrected chi connectivity index (χ4v) is 3.59. The number of rotatable bonds is 8. The zero-order valence-corrected chi connectivity index (χ0v) is 15.5. The van der Waals surface area contributed by atoms with Crippen LogP contribution in [-0.4, -0.2) is 34.8 Å². The van der Waals surface area contributed by atoms with Crippen LogP contribution < -0.4 is 5.32 Å². The monoisotopic (exact) mass is 381 g/mol. The third-order valence-electron chi connectivity index (χ3n) is 4.39. The Morgan fingerprint density at radius 3 is 2.52 bits per heavy atom. The Morgan fingerprint density at radius 2 is 1.81 bits per heavy atom. The van der Waals surface area contributed by atoms with Gasteiger partial charge in [-0.25, -0.2) is 0 Å². The summed E-state index contributed by atoms with van der Waals surface area (Å²) in [6.07, 6.45) is 0.390. The van der Waals surface area contributed by atoms with Crippen LogP contribution in [-0.2, 0) is 11.2 Å². The molecule has 1 amide bonds. The lowest BCUT2D eigenvalue weighted by Gasteiger charge is -2.17. The molecule has 3 rings (SSSR count). The van der Waals surface area contributed by atoms with Gasteiger partial charge in [-0.1, -0.05) is 36.4 Å². The van der Waals surface area contributed by atoms with E-state index in [1.54, 1.807) is 6.07 Å². The van der Waals surface area contributed by atoms with Crippen LogP contribution in [0.2, 0.25) is 0 Å². The van der Waals surface area contributed by atoms with Gasteiger partial charge in [-0.2, -0.15) is 11.3 Å². The van der Waals surface area contributed by atoms with Gasteiger partial charge in [0, 0.05) is 18.4 Å². The first-order valence-corrected chi connectivity index (χ1v) is 9.66. The summed E-state index contributed by atoms with van der Waals surface area (Å²) in [4.78, 5) is 24.5. The number of Topliss-reactive ketones (excluding diaryl/α,β-unsaturated/α-hetero) is 1. The van der Waals surface area contributed by atoms with Crippen molar-refractivity contribution in [2.45, 2.75) is 25.2 Å². The van der Waals surface area contributed by atoms with Crippen LogP contribution in [0.25, 0.3) is 10.8 Å². The number of thiophene rings is 1. The van der Waals surface area contributed by atoms with Gasteiger partial charge in [0.2, 0.25) is 5.91 Å². The number of hydrogen-bond donors (Lipinski definition) is 3. The van der Waals surface area contributed by atoms with Crippen LogP contribution in [0, 0.1) is 0 Å². The highest BCUT2D eigenvalue weighted by Crippen LogP contribution is 2.17. The van der Waals surface area contributed by atoms with Crippen molar-refractivity contribution in [3.05, 3.63) is 70.4 Å². The molecule has 1 atom stereocenters. The second-order valence-corrected chi connectivity index (χ2v) is 7.19. The molecule has 0 spiro atoms. The van der Waals surface area contributed by atoms with Crippen molar-refractivity contribution < 1.29 is 19.6 Å². The van der Waals surface area contributed by atoms with Gasteiger partial charge >= 0.3 is 7.12 Å². The highest BCUT2D eigenvalue weighted by Gasteiger charge is 2.25. The van der Waals surface area contributed by atoms with E-state index in [1.807, 2.05) is 53.2 Å². The summed E-state index contributed by atoms with van der Waals surface area (Å²) < 4.78 is 0. The smallest absolute Gasteiger partial charge is 0.426 e. The van der Waals surface area contributed by atoms with Gasteiger partial charge in [-0.3, -0.25) is 9.59 Å². The molecular weight excluding hydrogens is 361 g/mol. The Hall–Kier alpha value is -2.48. The van der Waals surface area contributed by atoms with E-state index in [9.17, 15) is 19.6 Å². The first kappa shape index (κ1) is 19.3. The zero-order valence-electron chi connectivity index (χ0n) is 14.7. The molecule has 0 radical (unpaired) electrons. The molecule has 0 aliphatic heterocycles. The van der Waals surface area contributed by atoms with Crippen molar-refractivity contribution in [3.8, 4) is 0 Å². The summed E-state index contributed by atoms with van der Waals surface area (Å²) >= 11 is 1.50. The second-order valence-electron chi connectivity index (χ2n) is 6.41. The maximum Gasteiger partial charge on any atom is 0.475 e. The van der Waals surface area contributed by atoms with Crippen molar-refractivity contribution >= 4 is 40.9 Å². The van der Waals surface area contributed by atoms with Crippen LogP contribution in [0.15, 0.2) is 59.3 Å². The summed E-state index contributed by atoms with van der Waals surface area (Å²) in [5.41, 5.74) is 1.49. The SMILES string of the molecule is O=C(CCC(=O)c1ccc2ccccc2c1)NC(Cc1ccsc1)B(O)O. The summed E-state index contributed by atoms with van der Waals surface area (Å²) in [7, 11) is -1.66. The molecule has 3 N–H and O–H groups in total. The van der Waals surface area contributed by atoms with Crippen LogP contribution >= 0.6 is 11.3 Å². The Labute approximate surface area is 161 Å². The van der Waals surface area contributed by atoms with E-state index in [2.05, 4.69) is 5.32 Å². The number of nitrogens with one attached hydrogen (secondary N) is 1. The topological polar surface area (TPSA) is 86.6 Å². The third kappa shape index (κ3) is 5.26. The standard InChI is InChI=1S/C20H20BNO4S/c23-18(17-6-5-15-3-1-2-4-16(15)12-17)7-8-20(24)22-19(21(25)26)11-14-9-10-27-13-14/h1-6,9-10,12-13,19,25-26H,7-8,11H2,(H,22,24). The van der Waals surface area contributed by atoms with E-state index < -0.39 is 13.1 Å². The van der Waals surface area contributed by atoms with E-state index in [0.29, 0.717) is 12.0 Å². The third-order valence-corrected chi connectivity index (χ3v) is 5.12. The number of carbonyl (C=O) groups is 2. The van der Waals surface area contributed by atoms with Crippen LogP contribution in [0.3, 0.4) is 0 Å². The molecule has 0 saturated carbocycles. The highest BCUT2D eigenvalue weighted by molar-refractivity contribution is 7.07. The largest absolute Gasteiger partial charge is 0.475 e. The minimum Gasteiger partial charge on any atom is -0.426 e. The van der Waals surface area contributed by atoms with E-state index in [0.717, 1.165) is 16.3 Å². The predicted octanol–water partition coefficient (Wildman–Crippen LogP) is 2.60. The Bertz CT molecular complexity index is 927. The van der Waals surface area contributed by atoms with E-state index in [1.165, 1.54) is 11.3 Å². The number of carbonyl (C=O) groups excluding carboxylic acids is 2. The van der Waals surface area contributed by atoms with Crippen LogP contribution in [0.5, 0.6) is 0 Å². The number of hydrogen-bond acceptors (Lipinski definition) is 5. The molecule has 7 heteroatoms. The fourth-order valence-electron chi connectivity index (χ4n) is 2.91. The Balaban J connectivity index is 1.56. The summed E-state index contributed by atoms with van der Waals surface area (Å²) in [5.74, 6) is -1.30. The van der Waals surface area contributed by atoms with Gasteiger partial charge in [0.05, 0.1) is 5.94 Å². The van der Waals surface area contributed by atoms with Crippen LogP contribution in [0.4, 0.5) is 0 Å². The molecule has 1 heterocycles. The van der Waals surface area contributed by atoms with Crippen molar-refractivity contribution in [2.75, 3.05) is 0 Å². The van der Waals surface area contributed by atoms with E-state index in [-0.39, 0.29) is 24.5 Å². The molecule has 0 aliphatic rings. The Kier molecular flexibility index (Phi) is 6.39. The molecule has 5 nitrogen and oxygen atoms in total. The molecule has 138 valence electrons. The average Bonchev–Trinajstić information content (AvgIpc) is 3.18. The molecule has 0 aliphatic carbocycles. The molecule has 3 aromatic rings. The molecule has 0 fully saturated rings. The van der Waals surface area contributed by atoms with Crippen molar-refractivity contribution in [3.63, 3.8) is 0 Å². The normalized spacial score (nSPS) is 11.9. The van der Waals surface area contributed by atoms with Crippen molar-refractivity contribution in [1.29, 1.82) is 0 Å². The van der Waals surface area contributed by atoms with Gasteiger partial charge in [0.25, 0.3) is 0 Å². The minimum atomic E-state index is -1.66. The average molecular weight is 381 g/mol. The van der Waals surface area contributed by atoms with E-state index in [4.69, 9.17) is 0 Å². The minimum absolute atomic E-state index is 0.00147. The molecule has 1 aromatic heterocycles. The predicted molar refractivity (Wildman–Crippen MR) is 108 cm³/mol. The fraction of sp³-hybridized carbons (Fsp3) is 0.200. The molecule has 2 aromatic carbocycles. The van der Waals surface area contributed by atoms with Crippen LogP contribution in [0.1, 0.15) is 28.8 Å². The number of benzene rings is 2. The summed E-state index contributed by atoms with van der Waals surface area (Å²) in [6.45, 7) is 0. The zero-order chi connectivity index (χ0) is 19.2. The quantitative estimate of drug-likeness (QED) is 0.414. The maximum absolute atomic E-state index is 12.4. The first-order chi connectivity index (χ1) is 13.0. The summed E-state index contributed by atoms with van der Waals surface area (Å²) in [6, 6.07) is 15.1. The molecular formula is C20H20BNO4S. The highest BCUT2D eigenvalue weighted by atomic mass is 32.1. The molecule has 1 unspecified atom stereocenters. The number of fused-ring (bicyclic) bond motifs is 1. The van der Waals surface area contributed by atoms with Gasteiger partial charge in [-0.15, -0.1) is 0 Å². The first-order valence-electron chi connectivity index (χ1n) is 8.71. The number of amides is 1. The van der Waals surface area contributed by atoms with Gasteiger partial charge in [-0.05, 0) is 45.6 Å². The second kappa shape index (κ2) is 8.95. The lowest BCUT2D eigenvalue weighted by Crippen LogP contribution is -2.47. The van der Waals surface area contributed by atoms with Crippen molar-refractivity contribution in [2.24, 2.45) is 0 Å². The van der Waals surface area contributed by atoms with Gasteiger partial charge < -0.3 is 15.4 Å². The maximum atomic E-state index is 12.4. The number of ketones is 1. The van der Waals surface area contributed by atoms with Gasteiger partial charge in [0.1, 0.15) is 0 Å². The van der Waals surface area contributed by atoms with E-state index >= 15 is 0 Å². The molecule has 0 bridgehead atoms. The van der Waals surface area contributed by atoms with Gasteiger partial charge in [0.15, 0.2) is 5.78 Å². The molecule has 0 saturated heterocycles. The summed E-state index contributed by atoms with van der Waals surface area (Å²) in [5, 5.41) is 27.4. The lowest BCUT2D eigenvalue weighted by atomic mass is 9.76. The van der Waals surface area contributed by atoms with Crippen molar-refractivity contribution in [1.82, 2.24) is 5.32 Å². The lowest BCUT2D eigenvalue weighted by molar-refractivity contribution is -0.121. The molecule has 27 heavy (non-hydrogen) atoms.